The third kappa shape index (κ3) is 10.8. The Morgan fingerprint density at radius 3 is 2.26 bits per heavy atom. The van der Waals surface area contributed by atoms with Gasteiger partial charge in [0.1, 0.15) is 5.75 Å². The molecule has 0 aliphatic carbocycles. The molecule has 0 saturated heterocycles. The molecule has 0 saturated carbocycles. The number of aromatic carboxylic acids is 1. The van der Waals surface area contributed by atoms with Crippen molar-refractivity contribution >= 4 is 29.2 Å². The van der Waals surface area contributed by atoms with Crippen molar-refractivity contribution in [2.75, 3.05) is 13.2 Å². The van der Waals surface area contributed by atoms with Crippen LogP contribution in [0.3, 0.4) is 0 Å². The number of carboxylic acid groups (broad SMARTS) is 1. The van der Waals surface area contributed by atoms with Gasteiger partial charge in [0.05, 0.1) is 35.6 Å². The van der Waals surface area contributed by atoms with E-state index in [1.807, 2.05) is 36.4 Å². The monoisotopic (exact) mass is 522 g/mol. The highest BCUT2D eigenvalue weighted by Gasteiger charge is 2.19. The molecule has 0 aliphatic heterocycles. The summed E-state index contributed by atoms with van der Waals surface area (Å²) in [4.78, 5) is 11.5. The second-order valence-corrected chi connectivity index (χ2v) is 10.1. The number of carbonyl (C=O) groups is 1. The van der Waals surface area contributed by atoms with E-state index in [4.69, 9.17) is 32.7 Å². The smallest absolute Gasteiger partial charge is 0.336 e. The molecule has 2 aromatic carbocycles. The maximum atomic E-state index is 11.5. The van der Waals surface area contributed by atoms with Gasteiger partial charge >= 0.3 is 5.97 Å². The first-order valence-electron chi connectivity index (χ1n) is 12.9. The lowest BCUT2D eigenvalue weighted by atomic mass is 10.00. The molecule has 4 nitrogen and oxygen atoms in total. The number of rotatable bonds is 18. The Hall–Kier alpha value is -1.75. The standard InChI is InChI=1S/C29H40Cl2O4/c1-3-5-6-7-12-23(35-21-28(31)27(30)11-4-2)13-10-20-34-24-18-16-22(17-19-24)25-14-8-9-15-26(25)29(32)33/h8-9,14-19,23,27-28H,3-7,10-13,20-21H2,1-2H3,(H,32,33)/t23?,27-,28-/m0/s1. The van der Waals surface area contributed by atoms with Crippen LogP contribution in [0.15, 0.2) is 48.5 Å². The van der Waals surface area contributed by atoms with Crippen molar-refractivity contribution in [2.45, 2.75) is 88.5 Å². The van der Waals surface area contributed by atoms with Gasteiger partial charge in [0.2, 0.25) is 0 Å². The summed E-state index contributed by atoms with van der Waals surface area (Å²) in [6.07, 6.45) is 9.76. The molecule has 2 rings (SSSR count). The predicted octanol–water partition coefficient (Wildman–Crippen LogP) is 8.58. The van der Waals surface area contributed by atoms with E-state index in [9.17, 15) is 9.90 Å². The van der Waals surface area contributed by atoms with Crippen LogP contribution in [0, 0.1) is 0 Å². The van der Waals surface area contributed by atoms with E-state index in [2.05, 4.69) is 13.8 Å². The molecule has 2 aromatic rings. The first-order chi connectivity index (χ1) is 17.0. The molecular weight excluding hydrogens is 483 g/mol. The van der Waals surface area contributed by atoms with Crippen molar-refractivity contribution in [3.63, 3.8) is 0 Å². The Bertz CT molecular complexity index is 856. The third-order valence-electron chi connectivity index (χ3n) is 6.09. The van der Waals surface area contributed by atoms with E-state index in [0.717, 1.165) is 49.8 Å². The number of carboxylic acids is 1. The van der Waals surface area contributed by atoms with E-state index < -0.39 is 5.97 Å². The fraction of sp³-hybridized carbons (Fsp3) is 0.552. The maximum absolute atomic E-state index is 11.5. The van der Waals surface area contributed by atoms with Crippen LogP contribution in [0.25, 0.3) is 11.1 Å². The lowest BCUT2D eigenvalue weighted by molar-refractivity contribution is 0.0357. The lowest BCUT2D eigenvalue weighted by Gasteiger charge is -2.22. The Morgan fingerprint density at radius 2 is 1.57 bits per heavy atom. The number of halogens is 2. The zero-order chi connectivity index (χ0) is 25.5. The van der Waals surface area contributed by atoms with Crippen LogP contribution in [-0.4, -0.2) is 41.1 Å². The van der Waals surface area contributed by atoms with E-state index in [1.54, 1.807) is 12.1 Å². The van der Waals surface area contributed by atoms with Gasteiger partial charge in [0.25, 0.3) is 0 Å². The van der Waals surface area contributed by atoms with Gasteiger partial charge in [0.15, 0.2) is 0 Å². The Kier molecular flexibility index (Phi) is 14.2. The summed E-state index contributed by atoms with van der Waals surface area (Å²) in [5.41, 5.74) is 1.85. The molecule has 0 amide bonds. The lowest BCUT2D eigenvalue weighted by Crippen LogP contribution is -2.25. The zero-order valence-electron chi connectivity index (χ0n) is 21.1. The zero-order valence-corrected chi connectivity index (χ0v) is 22.6. The minimum atomic E-state index is -0.931. The molecule has 0 aromatic heterocycles. The Labute approximate surface area is 220 Å². The maximum Gasteiger partial charge on any atom is 0.336 e. The second kappa shape index (κ2) is 16.8. The molecule has 0 fully saturated rings. The van der Waals surface area contributed by atoms with Gasteiger partial charge < -0.3 is 14.6 Å². The molecule has 0 spiro atoms. The summed E-state index contributed by atoms with van der Waals surface area (Å²) in [6, 6.07) is 14.6. The highest BCUT2D eigenvalue weighted by molar-refractivity contribution is 6.30. The molecule has 1 N–H and O–H groups in total. The molecule has 6 heteroatoms. The van der Waals surface area contributed by atoms with E-state index in [1.165, 1.54) is 19.3 Å². The molecule has 194 valence electrons. The Balaban J connectivity index is 1.83. The summed E-state index contributed by atoms with van der Waals surface area (Å²) in [7, 11) is 0. The number of ether oxygens (including phenoxy) is 2. The van der Waals surface area contributed by atoms with Gasteiger partial charge in [-0.3, -0.25) is 0 Å². The van der Waals surface area contributed by atoms with Crippen LogP contribution in [0.1, 0.15) is 82.0 Å². The predicted molar refractivity (Wildman–Crippen MR) is 146 cm³/mol. The van der Waals surface area contributed by atoms with Gasteiger partial charge in [0, 0.05) is 0 Å². The first kappa shape index (κ1) is 29.5. The van der Waals surface area contributed by atoms with Crippen LogP contribution in [0.2, 0.25) is 0 Å². The normalized spacial score (nSPS) is 13.8. The van der Waals surface area contributed by atoms with Gasteiger partial charge in [-0.2, -0.15) is 0 Å². The number of benzene rings is 2. The van der Waals surface area contributed by atoms with Crippen molar-refractivity contribution in [1.82, 2.24) is 0 Å². The highest BCUT2D eigenvalue weighted by atomic mass is 35.5. The van der Waals surface area contributed by atoms with Crippen LogP contribution < -0.4 is 4.74 Å². The van der Waals surface area contributed by atoms with Gasteiger partial charge in [-0.1, -0.05) is 76.3 Å². The highest BCUT2D eigenvalue weighted by Crippen LogP contribution is 2.26. The summed E-state index contributed by atoms with van der Waals surface area (Å²) in [5, 5.41) is 9.19. The van der Waals surface area contributed by atoms with E-state index >= 15 is 0 Å². The summed E-state index contributed by atoms with van der Waals surface area (Å²) in [5.74, 6) is -0.160. The summed E-state index contributed by atoms with van der Waals surface area (Å²) < 4.78 is 12.1. The number of hydrogen-bond donors (Lipinski definition) is 1. The van der Waals surface area contributed by atoms with Crippen LogP contribution >= 0.6 is 23.2 Å². The van der Waals surface area contributed by atoms with Crippen LogP contribution in [0.5, 0.6) is 5.75 Å². The molecule has 0 heterocycles. The number of hydrogen-bond acceptors (Lipinski definition) is 3. The quantitative estimate of drug-likeness (QED) is 0.157. The molecule has 0 radical (unpaired) electrons. The van der Waals surface area contributed by atoms with Gasteiger partial charge in [-0.05, 0) is 55.0 Å². The molecule has 3 atom stereocenters. The average Bonchev–Trinajstić information content (AvgIpc) is 2.87. The van der Waals surface area contributed by atoms with Crippen molar-refractivity contribution in [1.29, 1.82) is 0 Å². The van der Waals surface area contributed by atoms with Gasteiger partial charge in [-0.25, -0.2) is 4.79 Å². The SMILES string of the molecule is CCCCCCC(CCCOc1ccc(-c2ccccc2C(=O)O)cc1)OC[C@H](Cl)[C@@H](Cl)CCC. The van der Waals surface area contributed by atoms with Crippen molar-refractivity contribution in [3.05, 3.63) is 54.1 Å². The largest absolute Gasteiger partial charge is 0.494 e. The van der Waals surface area contributed by atoms with Crippen LogP contribution in [-0.2, 0) is 4.74 Å². The molecule has 0 bridgehead atoms. The first-order valence-corrected chi connectivity index (χ1v) is 13.8. The minimum Gasteiger partial charge on any atom is -0.494 e. The van der Waals surface area contributed by atoms with Crippen molar-refractivity contribution in [2.24, 2.45) is 0 Å². The molecule has 35 heavy (non-hydrogen) atoms. The topological polar surface area (TPSA) is 55.8 Å². The number of unbranched alkanes of at least 4 members (excludes halogenated alkanes) is 3. The van der Waals surface area contributed by atoms with Crippen LogP contribution in [0.4, 0.5) is 0 Å². The average molecular weight is 524 g/mol. The number of alkyl halides is 2. The molecule has 1 unspecified atom stereocenters. The van der Waals surface area contributed by atoms with Gasteiger partial charge in [-0.15, -0.1) is 23.2 Å². The van der Waals surface area contributed by atoms with Crippen molar-refractivity contribution in [3.8, 4) is 16.9 Å². The van der Waals surface area contributed by atoms with E-state index in [-0.39, 0.29) is 16.9 Å². The molecular formula is C29H40Cl2O4. The second-order valence-electron chi connectivity index (χ2n) is 8.99. The molecule has 0 aliphatic rings. The third-order valence-corrected chi connectivity index (χ3v) is 7.17. The Morgan fingerprint density at radius 1 is 0.857 bits per heavy atom. The minimum absolute atomic E-state index is 0.0591. The fourth-order valence-electron chi connectivity index (χ4n) is 4.05. The van der Waals surface area contributed by atoms with E-state index in [0.29, 0.717) is 24.3 Å². The fourth-order valence-corrected chi connectivity index (χ4v) is 4.54. The summed E-state index contributed by atoms with van der Waals surface area (Å²) >= 11 is 12.8. The van der Waals surface area contributed by atoms with Crippen molar-refractivity contribution < 1.29 is 19.4 Å². The summed E-state index contributed by atoms with van der Waals surface area (Å²) in [6.45, 7) is 5.40.